The molecule has 0 spiro atoms. The van der Waals surface area contributed by atoms with Gasteiger partial charge < -0.3 is 9.30 Å². The van der Waals surface area contributed by atoms with Gasteiger partial charge in [0.1, 0.15) is 5.75 Å². The van der Waals surface area contributed by atoms with Crippen LogP contribution in [-0.4, -0.2) is 34.7 Å². The van der Waals surface area contributed by atoms with E-state index in [0.29, 0.717) is 11.8 Å². The summed E-state index contributed by atoms with van der Waals surface area (Å²) in [6, 6.07) is 16.1. The van der Waals surface area contributed by atoms with Crippen molar-refractivity contribution >= 4 is 0 Å². The number of aromatic nitrogens is 2. The Morgan fingerprint density at radius 1 is 1.07 bits per heavy atom. The highest BCUT2D eigenvalue weighted by molar-refractivity contribution is 5.66. The number of hydrogen-bond acceptors (Lipinski definition) is 4. The summed E-state index contributed by atoms with van der Waals surface area (Å²) < 4.78 is 7.29. The van der Waals surface area contributed by atoms with Crippen LogP contribution in [0.4, 0.5) is 0 Å². The normalized spacial score (nSPS) is 20.9. The highest BCUT2D eigenvalue weighted by atomic mass is 16.5. The number of ether oxygens (including phenoxy) is 1. The molecule has 2 aromatic heterocycles. The van der Waals surface area contributed by atoms with Crippen LogP contribution in [0, 0.1) is 5.92 Å². The summed E-state index contributed by atoms with van der Waals surface area (Å²) in [7, 11) is 1.69. The number of nitrogens with zero attached hydrogens (tertiary/aromatic N) is 3. The molecule has 0 radical (unpaired) electrons. The van der Waals surface area contributed by atoms with Crippen LogP contribution < -0.4 is 10.3 Å². The van der Waals surface area contributed by atoms with Crippen LogP contribution in [0.3, 0.4) is 0 Å². The molecule has 5 nitrogen and oxygen atoms in total. The van der Waals surface area contributed by atoms with E-state index in [1.54, 1.807) is 19.4 Å². The zero-order valence-corrected chi connectivity index (χ0v) is 16.6. The largest absolute Gasteiger partial charge is 0.497 e. The minimum absolute atomic E-state index is 0.117. The van der Waals surface area contributed by atoms with E-state index in [2.05, 4.69) is 28.1 Å². The lowest BCUT2D eigenvalue weighted by atomic mass is 9.80. The van der Waals surface area contributed by atoms with Crippen molar-refractivity contribution in [3.8, 4) is 16.9 Å². The van der Waals surface area contributed by atoms with Crippen molar-refractivity contribution in [3.63, 3.8) is 0 Å². The summed E-state index contributed by atoms with van der Waals surface area (Å²) >= 11 is 0. The molecule has 5 rings (SSSR count). The average Bonchev–Trinajstić information content (AvgIpc) is 2.75. The molecule has 1 saturated heterocycles. The van der Waals surface area contributed by atoms with Crippen LogP contribution in [0.1, 0.15) is 23.6 Å². The molecule has 0 unspecified atom stereocenters. The fraction of sp³-hybridized carbons (Fsp3) is 0.333. The maximum Gasteiger partial charge on any atom is 0.250 e. The van der Waals surface area contributed by atoms with Gasteiger partial charge >= 0.3 is 0 Å². The summed E-state index contributed by atoms with van der Waals surface area (Å²) in [6.45, 7) is 3.74. The van der Waals surface area contributed by atoms with Crippen molar-refractivity contribution in [2.24, 2.45) is 5.92 Å². The topological polar surface area (TPSA) is 47.4 Å². The fourth-order valence-corrected chi connectivity index (χ4v) is 5.00. The Labute approximate surface area is 170 Å². The highest BCUT2D eigenvalue weighted by Gasteiger charge is 2.36. The van der Waals surface area contributed by atoms with Crippen molar-refractivity contribution in [1.82, 2.24) is 14.5 Å². The standard InChI is InChI=1S/C24H25N3O2/c1-29-21-6-4-17(5-7-21)13-26-14-18-11-20(16-26)24-22(19-3-2-10-25-12-19)8-9-23(28)27(24)15-18/h2-10,12,18,20H,11,13-16H2,1H3/t18-,20-/m1/s1. The van der Waals surface area contributed by atoms with E-state index in [-0.39, 0.29) is 5.56 Å². The van der Waals surface area contributed by atoms with Gasteiger partial charge in [-0.2, -0.15) is 0 Å². The van der Waals surface area contributed by atoms with E-state index < -0.39 is 0 Å². The van der Waals surface area contributed by atoms with Gasteiger partial charge in [-0.15, -0.1) is 0 Å². The van der Waals surface area contributed by atoms with Crippen LogP contribution in [-0.2, 0) is 13.1 Å². The Bertz CT molecular complexity index is 1060. The number of benzene rings is 1. The molecule has 4 heterocycles. The molecule has 0 saturated carbocycles. The van der Waals surface area contributed by atoms with Crippen LogP contribution >= 0.6 is 0 Å². The Morgan fingerprint density at radius 2 is 1.93 bits per heavy atom. The summed E-state index contributed by atoms with van der Waals surface area (Å²) in [4.78, 5) is 19.5. The van der Waals surface area contributed by atoms with Crippen molar-refractivity contribution in [2.45, 2.75) is 25.4 Å². The number of hydrogen-bond donors (Lipinski definition) is 0. The fourth-order valence-electron chi connectivity index (χ4n) is 5.00. The van der Waals surface area contributed by atoms with Crippen LogP contribution in [0.2, 0.25) is 0 Å². The van der Waals surface area contributed by atoms with E-state index in [0.717, 1.165) is 49.5 Å². The lowest BCUT2D eigenvalue weighted by Crippen LogP contribution is -2.47. The molecule has 148 valence electrons. The third-order valence-corrected chi connectivity index (χ3v) is 6.20. The molecule has 1 aromatic carbocycles. The molecule has 0 N–H and O–H groups in total. The molecule has 2 aliphatic rings. The minimum Gasteiger partial charge on any atom is -0.497 e. The molecule has 0 aliphatic carbocycles. The first-order chi connectivity index (χ1) is 14.2. The van der Waals surface area contributed by atoms with Crippen LogP contribution in [0.15, 0.2) is 65.7 Å². The molecule has 5 heteroatoms. The molecule has 29 heavy (non-hydrogen) atoms. The van der Waals surface area contributed by atoms with Gasteiger partial charge in [-0.1, -0.05) is 18.2 Å². The summed E-state index contributed by atoms with van der Waals surface area (Å²) in [5.74, 6) is 1.77. The summed E-state index contributed by atoms with van der Waals surface area (Å²) in [5.41, 5.74) is 4.82. The predicted octanol–water partition coefficient (Wildman–Crippen LogP) is 3.54. The van der Waals surface area contributed by atoms with Gasteiger partial charge in [-0.25, -0.2) is 0 Å². The third kappa shape index (κ3) is 3.47. The number of piperidine rings is 1. The van der Waals surface area contributed by atoms with Gasteiger partial charge in [0.15, 0.2) is 0 Å². The van der Waals surface area contributed by atoms with Gasteiger partial charge in [0.05, 0.1) is 7.11 Å². The van der Waals surface area contributed by atoms with Gasteiger partial charge in [-0.05, 0) is 42.2 Å². The molecule has 3 aromatic rings. The Balaban J connectivity index is 1.46. The Hall–Kier alpha value is -2.92. The molecular weight excluding hydrogens is 362 g/mol. The molecule has 2 aliphatic heterocycles. The second-order valence-corrected chi connectivity index (χ2v) is 8.16. The molecular formula is C24H25N3O2. The molecule has 2 atom stereocenters. The monoisotopic (exact) mass is 387 g/mol. The second kappa shape index (κ2) is 7.48. The van der Waals surface area contributed by atoms with Crippen molar-refractivity contribution in [2.75, 3.05) is 20.2 Å². The number of likely N-dealkylation sites (tertiary alicyclic amines) is 1. The van der Waals surface area contributed by atoms with Crippen molar-refractivity contribution in [3.05, 3.63) is 82.5 Å². The lowest BCUT2D eigenvalue weighted by Gasteiger charge is -2.43. The van der Waals surface area contributed by atoms with Gasteiger partial charge in [-0.3, -0.25) is 14.7 Å². The molecule has 1 fully saturated rings. The SMILES string of the molecule is COc1ccc(CN2C[C@H]3C[C@H](C2)c2c(-c4cccnc4)ccc(=O)n2C3)cc1. The van der Waals surface area contributed by atoms with Gasteiger partial charge in [0, 0.05) is 67.4 Å². The third-order valence-electron chi connectivity index (χ3n) is 6.20. The average molecular weight is 387 g/mol. The second-order valence-electron chi connectivity index (χ2n) is 8.16. The predicted molar refractivity (Wildman–Crippen MR) is 113 cm³/mol. The Morgan fingerprint density at radius 3 is 2.69 bits per heavy atom. The molecule has 2 bridgehead atoms. The van der Waals surface area contributed by atoms with E-state index in [1.807, 2.05) is 35.0 Å². The first-order valence-electron chi connectivity index (χ1n) is 10.2. The number of rotatable bonds is 4. The van der Waals surface area contributed by atoms with Gasteiger partial charge in [0.2, 0.25) is 0 Å². The summed E-state index contributed by atoms with van der Waals surface area (Å²) in [6.07, 6.45) is 4.83. The van der Waals surface area contributed by atoms with Crippen molar-refractivity contribution in [1.29, 1.82) is 0 Å². The maximum absolute atomic E-state index is 12.6. The highest BCUT2D eigenvalue weighted by Crippen LogP contribution is 2.40. The summed E-state index contributed by atoms with van der Waals surface area (Å²) in [5, 5.41) is 0. The van der Waals surface area contributed by atoms with E-state index >= 15 is 0 Å². The van der Waals surface area contributed by atoms with Gasteiger partial charge in [0.25, 0.3) is 5.56 Å². The van der Waals surface area contributed by atoms with Crippen molar-refractivity contribution < 1.29 is 4.74 Å². The number of pyridine rings is 2. The zero-order valence-electron chi connectivity index (χ0n) is 16.6. The van der Waals surface area contributed by atoms with Crippen LogP contribution in [0.5, 0.6) is 5.75 Å². The maximum atomic E-state index is 12.6. The quantitative estimate of drug-likeness (QED) is 0.687. The number of methoxy groups -OCH3 is 1. The first kappa shape index (κ1) is 18.1. The zero-order chi connectivity index (χ0) is 19.8. The minimum atomic E-state index is 0.117. The first-order valence-corrected chi connectivity index (χ1v) is 10.2. The molecule has 0 amide bonds. The number of fused-ring (bicyclic) bond motifs is 4. The van der Waals surface area contributed by atoms with E-state index in [9.17, 15) is 4.79 Å². The van der Waals surface area contributed by atoms with E-state index in [4.69, 9.17) is 4.74 Å². The van der Waals surface area contributed by atoms with E-state index in [1.165, 1.54) is 11.3 Å². The lowest BCUT2D eigenvalue weighted by molar-refractivity contribution is 0.115. The smallest absolute Gasteiger partial charge is 0.250 e. The Kier molecular flexibility index (Phi) is 4.68. The van der Waals surface area contributed by atoms with Crippen LogP contribution in [0.25, 0.3) is 11.1 Å².